The Hall–Kier alpha value is -4.18. The van der Waals surface area contributed by atoms with Gasteiger partial charge >= 0.3 is 12.0 Å². The summed E-state index contributed by atoms with van der Waals surface area (Å²) in [5.41, 5.74) is -0.503. The normalized spacial score (nSPS) is 12.5. The second-order valence-corrected chi connectivity index (χ2v) is 13.9. The molecule has 20 heteroatoms. The van der Waals surface area contributed by atoms with Crippen LogP contribution in [0.3, 0.4) is 0 Å². The SMILES string of the molecule is CCC(C)(C)C(=O)OCCOc1nc(Cl)nc(Nc2cc(S(=O)O)cc3cc(SOO)c(N=Nc4ccc5ccccc5c4SOO)c(O)c23)n1. The van der Waals surface area contributed by atoms with Crippen molar-refractivity contribution in [1.82, 2.24) is 15.0 Å². The summed E-state index contributed by atoms with van der Waals surface area (Å²) in [4.78, 5) is 24.8. The Balaban J connectivity index is 1.53. The van der Waals surface area contributed by atoms with Crippen molar-refractivity contribution in [2.75, 3.05) is 18.5 Å². The Bertz CT molecular complexity index is 2140. The number of phenolic OH excluding ortho intramolecular Hbond substituents is 1. The van der Waals surface area contributed by atoms with Gasteiger partial charge in [-0.05, 0) is 72.3 Å². The van der Waals surface area contributed by atoms with Crippen molar-refractivity contribution in [3.05, 3.63) is 59.9 Å². The van der Waals surface area contributed by atoms with E-state index in [2.05, 4.69) is 39.2 Å². The number of ether oxygens (including phenoxy) is 2. The smallest absolute Gasteiger partial charge is 0.322 e. The second kappa shape index (κ2) is 16.9. The first-order valence-corrected chi connectivity index (χ1v) is 17.7. The van der Waals surface area contributed by atoms with Gasteiger partial charge in [-0.3, -0.25) is 4.79 Å². The fraction of sp³-hybridized carbons (Fsp3) is 0.226. The molecule has 0 bridgehead atoms. The number of rotatable bonds is 15. The number of esters is 1. The van der Waals surface area contributed by atoms with Gasteiger partial charge in [0.1, 0.15) is 24.6 Å². The van der Waals surface area contributed by atoms with Gasteiger partial charge in [-0.2, -0.15) is 23.6 Å². The third-order valence-corrected chi connectivity index (χ3v) is 9.55. The van der Waals surface area contributed by atoms with Crippen LogP contribution in [-0.4, -0.2) is 58.5 Å². The molecule has 0 aliphatic heterocycles. The largest absolute Gasteiger partial charge is 0.505 e. The molecule has 1 heterocycles. The number of carbonyl (C=O) groups is 1. The summed E-state index contributed by atoms with van der Waals surface area (Å²) in [5, 5.41) is 43.2. The van der Waals surface area contributed by atoms with Gasteiger partial charge in [0.25, 0.3) is 0 Å². The Morgan fingerprint density at radius 3 is 2.49 bits per heavy atom. The molecule has 4 aromatic carbocycles. The number of aromatic nitrogens is 3. The van der Waals surface area contributed by atoms with Crippen LogP contribution in [0, 0.1) is 5.41 Å². The minimum atomic E-state index is -2.48. The molecule has 268 valence electrons. The van der Waals surface area contributed by atoms with Gasteiger partial charge in [0.15, 0.2) is 16.8 Å². The van der Waals surface area contributed by atoms with E-state index in [0.29, 0.717) is 40.8 Å². The zero-order valence-corrected chi connectivity index (χ0v) is 30.1. The lowest BCUT2D eigenvalue weighted by atomic mass is 9.91. The van der Waals surface area contributed by atoms with E-state index in [1.165, 1.54) is 18.2 Å². The monoisotopic (exact) mass is 776 g/mol. The molecule has 5 N–H and O–H groups in total. The van der Waals surface area contributed by atoms with Crippen LogP contribution < -0.4 is 10.1 Å². The predicted molar refractivity (Wildman–Crippen MR) is 191 cm³/mol. The fourth-order valence-corrected chi connectivity index (χ4v) is 6.19. The number of halogens is 1. The highest BCUT2D eigenvalue weighted by molar-refractivity contribution is 7.95. The highest BCUT2D eigenvalue weighted by Crippen LogP contribution is 2.48. The molecule has 0 amide bonds. The number of azo groups is 1. The summed E-state index contributed by atoms with van der Waals surface area (Å²) in [6.07, 6.45) is 0.588. The average Bonchev–Trinajstić information content (AvgIpc) is 3.10. The molecule has 5 aromatic rings. The minimum Gasteiger partial charge on any atom is -0.505 e. The van der Waals surface area contributed by atoms with E-state index in [9.17, 15) is 29.2 Å². The predicted octanol–water partition coefficient (Wildman–Crippen LogP) is 8.63. The quantitative estimate of drug-likeness (QED) is 0.0127. The fourth-order valence-electron chi connectivity index (χ4n) is 4.58. The number of benzene rings is 4. The summed E-state index contributed by atoms with van der Waals surface area (Å²) in [6, 6.07) is 14.6. The van der Waals surface area contributed by atoms with Gasteiger partial charge in [0.2, 0.25) is 11.2 Å². The molecule has 0 fully saturated rings. The molecule has 16 nitrogen and oxygen atoms in total. The third kappa shape index (κ3) is 9.01. The van der Waals surface area contributed by atoms with E-state index in [-0.39, 0.29) is 74.1 Å². The Morgan fingerprint density at radius 2 is 1.76 bits per heavy atom. The van der Waals surface area contributed by atoms with Crippen molar-refractivity contribution >= 4 is 97.3 Å². The van der Waals surface area contributed by atoms with Crippen molar-refractivity contribution < 1.29 is 47.3 Å². The number of carbonyl (C=O) groups excluding carboxylic acids is 1. The third-order valence-electron chi connectivity index (χ3n) is 7.51. The summed E-state index contributed by atoms with van der Waals surface area (Å²) >= 11 is 4.76. The molecule has 1 atom stereocenters. The maximum Gasteiger partial charge on any atom is 0.322 e. The maximum atomic E-state index is 12.3. The number of hydrogen-bond donors (Lipinski definition) is 5. The highest BCUT2D eigenvalue weighted by Gasteiger charge is 2.27. The Morgan fingerprint density at radius 1 is 1.00 bits per heavy atom. The topological polar surface area (TPSA) is 227 Å². The number of phenols is 1. The van der Waals surface area contributed by atoms with E-state index in [1.54, 1.807) is 38.1 Å². The van der Waals surface area contributed by atoms with E-state index < -0.39 is 22.2 Å². The Kier molecular flexibility index (Phi) is 12.6. The first kappa shape index (κ1) is 38.1. The zero-order chi connectivity index (χ0) is 36.7. The first-order chi connectivity index (χ1) is 24.4. The van der Waals surface area contributed by atoms with Crippen molar-refractivity contribution in [2.45, 2.75) is 41.9 Å². The molecular formula is C31H29ClN6O10S3. The van der Waals surface area contributed by atoms with Crippen LogP contribution >= 0.6 is 35.7 Å². The van der Waals surface area contributed by atoms with Gasteiger partial charge in [0, 0.05) is 5.39 Å². The van der Waals surface area contributed by atoms with Crippen LogP contribution in [0.4, 0.5) is 23.0 Å². The number of nitrogens with one attached hydrogen (secondary N) is 1. The summed E-state index contributed by atoms with van der Waals surface area (Å²) < 4.78 is 41.6. The van der Waals surface area contributed by atoms with Gasteiger partial charge in [0.05, 0.1) is 49.9 Å². The van der Waals surface area contributed by atoms with Crippen molar-refractivity contribution in [3.8, 4) is 11.8 Å². The average molecular weight is 777 g/mol. The molecule has 51 heavy (non-hydrogen) atoms. The lowest BCUT2D eigenvalue weighted by Crippen LogP contribution is -2.27. The molecule has 1 aromatic heterocycles. The van der Waals surface area contributed by atoms with Gasteiger partial charge < -0.3 is 24.4 Å². The number of nitrogens with zero attached hydrogens (tertiary/aromatic N) is 5. The summed E-state index contributed by atoms with van der Waals surface area (Å²) in [5.74, 6) is -1.03. The Labute approximate surface area is 306 Å². The first-order valence-electron chi connectivity index (χ1n) is 14.8. The standard InChI is InChI=1S/C31H29ClN6O10S3/c1-4-31(2,3)27(40)45-11-12-46-30-35-28(32)34-29(36-30)33-21-15-18(51(43)44)13-17-14-22(49-47-41)24(25(39)23(17)21)38-37-20-10-9-16-7-5-6-8-19(16)26(20)50-48-42/h5-10,13-15,39,41-42H,4,11-12H2,1-3H3,(H,43,44)(H,33,34,35,36). The van der Waals surface area contributed by atoms with E-state index >= 15 is 0 Å². The number of fused-ring (bicyclic) bond motifs is 2. The number of aromatic hydroxyl groups is 1. The molecule has 5 rings (SSSR count). The molecule has 0 aliphatic rings. The maximum absolute atomic E-state index is 12.3. The molecular weight excluding hydrogens is 748 g/mol. The number of hydrogen-bond acceptors (Lipinski definition) is 17. The van der Waals surface area contributed by atoms with E-state index in [1.807, 2.05) is 19.1 Å². The molecule has 0 saturated carbocycles. The van der Waals surface area contributed by atoms with Crippen LogP contribution in [-0.2, 0) is 29.3 Å². The minimum absolute atomic E-state index is 0.0416. The highest BCUT2D eigenvalue weighted by atomic mass is 35.5. The van der Waals surface area contributed by atoms with Crippen LogP contribution in [0.5, 0.6) is 11.8 Å². The lowest BCUT2D eigenvalue weighted by molar-refractivity contribution is -0.154. The van der Waals surface area contributed by atoms with Gasteiger partial charge in [-0.15, -0.1) is 10.2 Å². The van der Waals surface area contributed by atoms with Crippen molar-refractivity contribution in [2.24, 2.45) is 15.6 Å². The van der Waals surface area contributed by atoms with Crippen LogP contribution in [0.15, 0.2) is 79.5 Å². The van der Waals surface area contributed by atoms with Crippen LogP contribution in [0.2, 0.25) is 5.28 Å². The molecule has 0 saturated heterocycles. The van der Waals surface area contributed by atoms with Crippen LogP contribution in [0.25, 0.3) is 21.5 Å². The van der Waals surface area contributed by atoms with Gasteiger partial charge in [-0.25, -0.2) is 14.7 Å². The molecule has 0 spiro atoms. The summed E-state index contributed by atoms with van der Waals surface area (Å²) in [6.45, 7) is 5.22. The second-order valence-electron chi connectivity index (χ2n) is 11.1. The molecule has 1 unspecified atom stereocenters. The van der Waals surface area contributed by atoms with Crippen LogP contribution in [0.1, 0.15) is 27.2 Å². The van der Waals surface area contributed by atoms with Crippen molar-refractivity contribution in [1.29, 1.82) is 0 Å². The summed E-state index contributed by atoms with van der Waals surface area (Å²) in [7, 11) is 0. The van der Waals surface area contributed by atoms with E-state index in [0.717, 1.165) is 5.39 Å². The lowest BCUT2D eigenvalue weighted by Gasteiger charge is -2.20. The molecule has 0 radical (unpaired) electrons. The van der Waals surface area contributed by atoms with Gasteiger partial charge in [-0.1, -0.05) is 37.3 Å². The van der Waals surface area contributed by atoms with E-state index in [4.69, 9.17) is 21.1 Å². The number of anilines is 2. The molecule has 0 aliphatic carbocycles. The zero-order valence-electron chi connectivity index (χ0n) is 26.9. The van der Waals surface area contributed by atoms with Crippen molar-refractivity contribution in [3.63, 3.8) is 0 Å².